The lowest BCUT2D eigenvalue weighted by Crippen LogP contribution is -2.36. The van der Waals surface area contributed by atoms with Gasteiger partial charge in [0.1, 0.15) is 41.9 Å². The number of hydrogen-bond acceptors (Lipinski definition) is 7. The van der Waals surface area contributed by atoms with Gasteiger partial charge in [-0.3, -0.25) is 14.6 Å². The summed E-state index contributed by atoms with van der Waals surface area (Å²) in [5.41, 5.74) is 1.46. The van der Waals surface area contributed by atoms with Gasteiger partial charge in [0.05, 0.1) is 17.8 Å². The largest absolute Gasteiger partial charge is 0.491 e. The summed E-state index contributed by atoms with van der Waals surface area (Å²) in [7, 11) is 0. The highest BCUT2D eigenvalue weighted by molar-refractivity contribution is 6.07. The monoisotopic (exact) mass is 556 g/mol. The lowest BCUT2D eigenvalue weighted by molar-refractivity contribution is -0.123. The zero-order valence-corrected chi connectivity index (χ0v) is 22.3. The van der Waals surface area contributed by atoms with Crippen LogP contribution in [0.25, 0.3) is 10.9 Å². The summed E-state index contributed by atoms with van der Waals surface area (Å²) in [6.45, 7) is 1.34. The predicted octanol–water partition coefficient (Wildman–Crippen LogP) is 5.87. The summed E-state index contributed by atoms with van der Waals surface area (Å²) in [5, 5.41) is 5.94. The molecule has 0 radical (unpaired) electrons. The Balaban J connectivity index is 1.03. The van der Waals surface area contributed by atoms with Crippen molar-refractivity contribution >= 4 is 34.2 Å². The average Bonchev–Trinajstić information content (AvgIpc) is 3.74. The first-order valence-electron chi connectivity index (χ1n) is 13.6. The Bertz CT molecular complexity index is 1560. The van der Waals surface area contributed by atoms with Crippen LogP contribution in [0.3, 0.4) is 0 Å². The van der Waals surface area contributed by atoms with Gasteiger partial charge < -0.3 is 24.8 Å². The van der Waals surface area contributed by atoms with E-state index in [-0.39, 0.29) is 11.9 Å². The molecule has 2 N–H and O–H groups in total. The second-order valence-electron chi connectivity index (χ2n) is 10.4. The van der Waals surface area contributed by atoms with Crippen LogP contribution in [-0.4, -0.2) is 41.1 Å². The van der Waals surface area contributed by atoms with E-state index < -0.39 is 24.1 Å². The van der Waals surface area contributed by atoms with Crippen molar-refractivity contribution in [1.82, 2.24) is 9.97 Å². The van der Waals surface area contributed by atoms with Gasteiger partial charge in [-0.05, 0) is 80.3 Å². The van der Waals surface area contributed by atoms with Crippen molar-refractivity contribution in [1.29, 1.82) is 0 Å². The van der Waals surface area contributed by atoms with Gasteiger partial charge in [0, 0.05) is 35.4 Å². The molecule has 41 heavy (non-hydrogen) atoms. The molecule has 2 amide bonds. The van der Waals surface area contributed by atoms with Crippen molar-refractivity contribution in [2.45, 2.75) is 38.2 Å². The lowest BCUT2D eigenvalue weighted by atomic mass is 9.91. The Hall–Kier alpha value is -4.57. The highest BCUT2D eigenvalue weighted by Gasteiger charge is 2.51. The molecule has 1 atom stereocenters. The summed E-state index contributed by atoms with van der Waals surface area (Å²) in [4.78, 5) is 33.1. The first-order valence-corrected chi connectivity index (χ1v) is 13.6. The number of nitrogens with zero attached hydrogens (tertiary/aromatic N) is 2. The van der Waals surface area contributed by atoms with Gasteiger partial charge in [0.15, 0.2) is 0 Å². The van der Waals surface area contributed by atoms with Gasteiger partial charge in [-0.1, -0.05) is 0 Å². The number of anilines is 2. The summed E-state index contributed by atoms with van der Waals surface area (Å²) >= 11 is 0. The number of amides is 2. The molecular formula is C31H29FN4O5. The number of carbonyl (C=O) groups is 2. The zero-order valence-electron chi connectivity index (χ0n) is 22.3. The van der Waals surface area contributed by atoms with Crippen molar-refractivity contribution in [3.8, 4) is 17.2 Å². The Morgan fingerprint density at radius 1 is 0.951 bits per heavy atom. The maximum atomic E-state index is 13.0. The number of halogens is 1. The van der Waals surface area contributed by atoms with Crippen molar-refractivity contribution < 1.29 is 28.2 Å². The Morgan fingerprint density at radius 3 is 2.54 bits per heavy atom. The molecular weight excluding hydrogens is 527 g/mol. The fraction of sp³-hybridized carbons (Fsp3) is 0.290. The molecule has 2 aromatic heterocycles. The zero-order chi connectivity index (χ0) is 28.2. The highest BCUT2D eigenvalue weighted by Crippen LogP contribution is 2.55. The minimum absolute atomic E-state index is 0.147. The van der Waals surface area contributed by atoms with Crippen molar-refractivity contribution in [2.24, 2.45) is 5.41 Å². The Morgan fingerprint density at radius 2 is 1.76 bits per heavy atom. The molecule has 1 saturated carbocycles. The molecule has 1 spiro atoms. The van der Waals surface area contributed by atoms with E-state index in [0.29, 0.717) is 29.2 Å². The SMILES string of the molecule is O=C(CC(=O)Nc1ccc(Oc2ccnc3cc(OCC4OCCCC45CC5)ccc23)cn1)Nc1ccc(F)cc1. The number of carbonyl (C=O) groups excluding carboxylic acids is 2. The van der Waals surface area contributed by atoms with E-state index in [0.717, 1.165) is 29.7 Å². The smallest absolute Gasteiger partial charge is 0.234 e. The molecule has 3 heterocycles. The van der Waals surface area contributed by atoms with Crippen LogP contribution in [0, 0.1) is 11.2 Å². The van der Waals surface area contributed by atoms with Crippen LogP contribution in [0.4, 0.5) is 15.9 Å². The van der Waals surface area contributed by atoms with Gasteiger partial charge in [0.2, 0.25) is 11.8 Å². The Labute approximate surface area is 236 Å². The molecule has 4 aromatic rings. The molecule has 2 fully saturated rings. The summed E-state index contributed by atoms with van der Waals surface area (Å²) < 4.78 is 31.2. The average molecular weight is 557 g/mol. The third-order valence-electron chi connectivity index (χ3n) is 7.47. The fourth-order valence-corrected chi connectivity index (χ4v) is 5.11. The van der Waals surface area contributed by atoms with Crippen molar-refractivity contribution in [3.05, 3.63) is 78.9 Å². The fourth-order valence-electron chi connectivity index (χ4n) is 5.11. The van der Waals surface area contributed by atoms with Crippen LogP contribution in [0.2, 0.25) is 0 Å². The van der Waals surface area contributed by atoms with Gasteiger partial charge in [-0.15, -0.1) is 0 Å². The molecule has 1 aliphatic carbocycles. The standard InChI is InChI=1S/C31H29FN4O5/c32-20-2-4-21(5-3-20)35-29(37)17-30(38)36-28-9-7-23(18-34-28)41-26-10-14-33-25-16-22(6-8-24(25)26)40-19-27-31(12-13-31)11-1-15-39-27/h2-10,14,16,18,27H,1,11-13,15,17,19H2,(H,35,37)(H,34,36,38). The van der Waals surface area contributed by atoms with E-state index in [1.54, 1.807) is 24.4 Å². The summed E-state index contributed by atoms with van der Waals surface area (Å²) in [6.07, 6.45) is 7.68. The maximum Gasteiger partial charge on any atom is 0.234 e. The second-order valence-corrected chi connectivity index (χ2v) is 10.4. The number of pyridine rings is 2. The highest BCUT2D eigenvalue weighted by atomic mass is 19.1. The number of fused-ring (bicyclic) bond motifs is 1. The third-order valence-corrected chi connectivity index (χ3v) is 7.47. The maximum absolute atomic E-state index is 13.0. The van der Waals surface area contributed by atoms with E-state index in [4.69, 9.17) is 14.2 Å². The van der Waals surface area contributed by atoms with Gasteiger partial charge in [-0.2, -0.15) is 0 Å². The normalized spacial score (nSPS) is 17.1. The quantitative estimate of drug-likeness (QED) is 0.248. The molecule has 210 valence electrons. The summed E-state index contributed by atoms with van der Waals surface area (Å²) in [5.74, 6) is 0.600. The second kappa shape index (κ2) is 11.5. The van der Waals surface area contributed by atoms with E-state index in [1.165, 1.54) is 49.7 Å². The van der Waals surface area contributed by atoms with Gasteiger partial charge in [-0.25, -0.2) is 9.37 Å². The van der Waals surface area contributed by atoms with E-state index in [2.05, 4.69) is 20.6 Å². The topological polar surface area (TPSA) is 112 Å². The number of ether oxygens (including phenoxy) is 3. The molecule has 1 unspecified atom stereocenters. The van der Waals surface area contributed by atoms with Crippen LogP contribution < -0.4 is 20.1 Å². The molecule has 0 bridgehead atoms. The van der Waals surface area contributed by atoms with Crippen molar-refractivity contribution in [2.75, 3.05) is 23.8 Å². The molecule has 6 rings (SSSR count). The molecule has 1 saturated heterocycles. The Kier molecular flexibility index (Phi) is 7.47. The summed E-state index contributed by atoms with van der Waals surface area (Å²) in [6, 6.07) is 16.0. The molecule has 2 aliphatic rings. The number of hydrogen-bond donors (Lipinski definition) is 2. The minimum atomic E-state index is -0.536. The van der Waals surface area contributed by atoms with Crippen LogP contribution in [0.1, 0.15) is 32.1 Å². The van der Waals surface area contributed by atoms with Gasteiger partial charge in [0.25, 0.3) is 0 Å². The number of benzene rings is 2. The number of rotatable bonds is 9. The molecule has 10 heteroatoms. The van der Waals surface area contributed by atoms with Crippen molar-refractivity contribution in [3.63, 3.8) is 0 Å². The van der Waals surface area contributed by atoms with E-state index >= 15 is 0 Å². The van der Waals surface area contributed by atoms with Crippen LogP contribution in [0.5, 0.6) is 17.2 Å². The van der Waals surface area contributed by atoms with E-state index in [9.17, 15) is 14.0 Å². The third kappa shape index (κ3) is 6.44. The number of nitrogens with one attached hydrogen (secondary N) is 2. The van der Waals surface area contributed by atoms with Crippen LogP contribution in [0.15, 0.2) is 73.1 Å². The van der Waals surface area contributed by atoms with E-state index in [1.807, 2.05) is 18.2 Å². The number of aromatic nitrogens is 2. The van der Waals surface area contributed by atoms with Crippen LogP contribution in [-0.2, 0) is 14.3 Å². The molecule has 2 aromatic carbocycles. The van der Waals surface area contributed by atoms with Crippen LogP contribution >= 0.6 is 0 Å². The minimum Gasteiger partial charge on any atom is -0.491 e. The predicted molar refractivity (Wildman–Crippen MR) is 150 cm³/mol. The van der Waals surface area contributed by atoms with Gasteiger partial charge >= 0.3 is 0 Å². The first-order chi connectivity index (χ1) is 20.0. The molecule has 1 aliphatic heterocycles. The lowest BCUT2D eigenvalue weighted by Gasteiger charge is -2.31. The molecule has 9 nitrogen and oxygen atoms in total. The first kappa shape index (κ1) is 26.6.